The van der Waals surface area contributed by atoms with Crippen LogP contribution in [0.3, 0.4) is 0 Å². The first-order valence-electron chi connectivity index (χ1n) is 7.59. The standard InChI is InChI=1S/C20H15NO4/c1-12-10-17(22)20(25)18(23)11-16(12)19(24)15-4-2-13(3-5-15)14-6-8-21-9-7-14/h2-11H,1H3,(H2,22,23,25). The number of nitrogens with zero attached hydrogens (tertiary/aromatic N) is 1. The molecule has 0 bridgehead atoms. The number of carbonyl (C=O) groups is 1. The maximum absolute atomic E-state index is 12.7. The van der Waals surface area contributed by atoms with Gasteiger partial charge in [0.15, 0.2) is 17.3 Å². The number of aromatic nitrogens is 1. The van der Waals surface area contributed by atoms with Crippen molar-refractivity contribution in [3.8, 4) is 22.6 Å². The van der Waals surface area contributed by atoms with E-state index in [1.807, 2.05) is 24.3 Å². The number of ketones is 1. The van der Waals surface area contributed by atoms with Crippen molar-refractivity contribution >= 4 is 5.78 Å². The quantitative estimate of drug-likeness (QED) is 0.719. The zero-order valence-corrected chi connectivity index (χ0v) is 13.4. The summed E-state index contributed by atoms with van der Waals surface area (Å²) < 4.78 is 0. The third-order valence-corrected chi connectivity index (χ3v) is 3.93. The van der Waals surface area contributed by atoms with Crippen LogP contribution >= 0.6 is 0 Å². The molecular formula is C20H15NO4. The minimum absolute atomic E-state index is 0.159. The summed E-state index contributed by atoms with van der Waals surface area (Å²) >= 11 is 0. The highest BCUT2D eigenvalue weighted by Crippen LogP contribution is 2.22. The van der Waals surface area contributed by atoms with E-state index < -0.39 is 16.9 Å². The Labute approximate surface area is 143 Å². The third-order valence-electron chi connectivity index (χ3n) is 3.93. The van der Waals surface area contributed by atoms with Gasteiger partial charge in [0, 0.05) is 23.5 Å². The first-order chi connectivity index (χ1) is 12.0. The van der Waals surface area contributed by atoms with Gasteiger partial charge in [-0.25, -0.2) is 0 Å². The van der Waals surface area contributed by atoms with Crippen LogP contribution in [0.4, 0.5) is 0 Å². The summed E-state index contributed by atoms with van der Waals surface area (Å²) in [4.78, 5) is 28.3. The third kappa shape index (κ3) is 3.26. The van der Waals surface area contributed by atoms with Gasteiger partial charge in [0.1, 0.15) is 0 Å². The van der Waals surface area contributed by atoms with Gasteiger partial charge in [-0.1, -0.05) is 24.3 Å². The van der Waals surface area contributed by atoms with E-state index in [4.69, 9.17) is 0 Å². The second-order valence-electron chi connectivity index (χ2n) is 5.63. The summed E-state index contributed by atoms with van der Waals surface area (Å²) in [5.41, 5.74) is 1.99. The Balaban J connectivity index is 2.01. The minimum atomic E-state index is -0.907. The molecule has 0 atom stereocenters. The van der Waals surface area contributed by atoms with E-state index in [9.17, 15) is 19.8 Å². The second-order valence-corrected chi connectivity index (χ2v) is 5.63. The number of carbonyl (C=O) groups excluding carboxylic acids is 1. The Morgan fingerprint density at radius 2 is 1.44 bits per heavy atom. The molecule has 25 heavy (non-hydrogen) atoms. The molecule has 0 radical (unpaired) electrons. The van der Waals surface area contributed by atoms with E-state index in [-0.39, 0.29) is 11.3 Å². The van der Waals surface area contributed by atoms with Crippen molar-refractivity contribution < 1.29 is 15.0 Å². The monoisotopic (exact) mass is 333 g/mol. The van der Waals surface area contributed by atoms with Gasteiger partial charge in [0.05, 0.1) is 0 Å². The lowest BCUT2D eigenvalue weighted by Crippen LogP contribution is -2.02. The molecule has 5 heteroatoms. The summed E-state index contributed by atoms with van der Waals surface area (Å²) in [6, 6.07) is 13.0. The second kappa shape index (κ2) is 6.57. The number of benzene rings is 1. The zero-order valence-electron chi connectivity index (χ0n) is 13.4. The van der Waals surface area contributed by atoms with Gasteiger partial charge in [-0.3, -0.25) is 14.6 Å². The first-order valence-corrected chi connectivity index (χ1v) is 7.59. The first kappa shape index (κ1) is 16.4. The molecule has 0 aliphatic heterocycles. The van der Waals surface area contributed by atoms with Crippen molar-refractivity contribution in [1.82, 2.24) is 4.98 Å². The van der Waals surface area contributed by atoms with Crippen LogP contribution in [-0.4, -0.2) is 21.0 Å². The molecular weight excluding hydrogens is 318 g/mol. The molecule has 0 aliphatic carbocycles. The number of hydrogen-bond acceptors (Lipinski definition) is 5. The summed E-state index contributed by atoms with van der Waals surface area (Å²) in [5.74, 6) is -1.60. The molecule has 2 N–H and O–H groups in total. The van der Waals surface area contributed by atoms with Crippen LogP contribution in [0.15, 0.2) is 65.7 Å². The Morgan fingerprint density at radius 1 is 0.880 bits per heavy atom. The molecule has 0 saturated heterocycles. The average molecular weight is 333 g/mol. The highest BCUT2D eigenvalue weighted by Gasteiger charge is 2.15. The number of rotatable bonds is 3. The van der Waals surface area contributed by atoms with Gasteiger partial charge < -0.3 is 10.2 Å². The molecule has 0 fully saturated rings. The average Bonchev–Trinajstić information content (AvgIpc) is 2.73. The van der Waals surface area contributed by atoms with Gasteiger partial charge in [-0.05, 0) is 47.9 Å². The largest absolute Gasteiger partial charge is 0.504 e. The number of hydrogen-bond donors (Lipinski definition) is 2. The van der Waals surface area contributed by atoms with Crippen LogP contribution in [0.5, 0.6) is 11.5 Å². The molecule has 0 saturated carbocycles. The van der Waals surface area contributed by atoms with Crippen LogP contribution in [0.1, 0.15) is 21.5 Å². The van der Waals surface area contributed by atoms with Crippen molar-refractivity contribution in [1.29, 1.82) is 0 Å². The van der Waals surface area contributed by atoms with Gasteiger partial charge >= 0.3 is 0 Å². The summed E-state index contributed by atoms with van der Waals surface area (Å²) in [6.45, 7) is 1.59. The summed E-state index contributed by atoms with van der Waals surface area (Å²) in [6.07, 6.45) is 3.38. The predicted octanol–water partition coefficient (Wildman–Crippen LogP) is 3.06. The smallest absolute Gasteiger partial charge is 0.261 e. The topological polar surface area (TPSA) is 87.5 Å². The van der Waals surface area contributed by atoms with Gasteiger partial charge in [-0.15, -0.1) is 0 Å². The molecule has 3 aromatic rings. The zero-order chi connectivity index (χ0) is 18.0. The summed E-state index contributed by atoms with van der Waals surface area (Å²) in [7, 11) is 0. The molecule has 0 aliphatic rings. The van der Waals surface area contributed by atoms with Gasteiger partial charge in [0.2, 0.25) is 0 Å². The van der Waals surface area contributed by atoms with E-state index in [1.165, 1.54) is 6.07 Å². The van der Waals surface area contributed by atoms with E-state index >= 15 is 0 Å². The van der Waals surface area contributed by atoms with Crippen molar-refractivity contribution in [2.24, 2.45) is 0 Å². The Kier molecular flexibility index (Phi) is 4.31. The molecule has 5 nitrogen and oxygen atoms in total. The molecule has 0 spiro atoms. The van der Waals surface area contributed by atoms with Gasteiger partial charge in [-0.2, -0.15) is 0 Å². The summed E-state index contributed by atoms with van der Waals surface area (Å²) in [5, 5.41) is 19.3. The van der Waals surface area contributed by atoms with E-state index in [2.05, 4.69) is 4.98 Å². The molecule has 0 amide bonds. The van der Waals surface area contributed by atoms with Crippen molar-refractivity contribution in [2.75, 3.05) is 0 Å². The van der Waals surface area contributed by atoms with Crippen LogP contribution in [0.2, 0.25) is 0 Å². The highest BCUT2D eigenvalue weighted by molar-refractivity contribution is 6.10. The van der Waals surface area contributed by atoms with E-state index in [1.54, 1.807) is 31.5 Å². The maximum Gasteiger partial charge on any atom is 0.261 e. The van der Waals surface area contributed by atoms with Crippen LogP contribution < -0.4 is 5.43 Å². The SMILES string of the molecule is Cc1cc(O)c(=O)c(O)cc1C(=O)c1ccc(-c2ccncc2)cc1. The molecule has 1 aromatic heterocycles. The van der Waals surface area contributed by atoms with E-state index in [0.717, 1.165) is 17.2 Å². The Hall–Kier alpha value is -3.47. The van der Waals surface area contributed by atoms with Crippen molar-refractivity contribution in [3.05, 3.63) is 87.8 Å². The Bertz CT molecular complexity index is 996. The van der Waals surface area contributed by atoms with E-state index in [0.29, 0.717) is 11.1 Å². The highest BCUT2D eigenvalue weighted by atomic mass is 16.3. The van der Waals surface area contributed by atoms with Crippen molar-refractivity contribution in [2.45, 2.75) is 6.92 Å². The Morgan fingerprint density at radius 3 is 2.08 bits per heavy atom. The van der Waals surface area contributed by atoms with Crippen LogP contribution in [0.25, 0.3) is 11.1 Å². The fraction of sp³-hybridized carbons (Fsp3) is 0.0500. The number of aromatic hydroxyl groups is 2. The molecule has 3 rings (SSSR count). The normalized spacial score (nSPS) is 10.4. The maximum atomic E-state index is 12.7. The predicted molar refractivity (Wildman–Crippen MR) is 93.9 cm³/mol. The molecule has 0 unspecified atom stereocenters. The van der Waals surface area contributed by atoms with Gasteiger partial charge in [0.25, 0.3) is 5.43 Å². The fourth-order valence-corrected chi connectivity index (χ4v) is 2.55. The van der Waals surface area contributed by atoms with Crippen molar-refractivity contribution in [3.63, 3.8) is 0 Å². The number of aryl methyl sites for hydroxylation is 1. The lowest BCUT2D eigenvalue weighted by Gasteiger charge is -2.05. The van der Waals surface area contributed by atoms with Crippen LogP contribution in [-0.2, 0) is 0 Å². The minimum Gasteiger partial charge on any atom is -0.504 e. The number of pyridine rings is 1. The molecule has 124 valence electrons. The van der Waals surface area contributed by atoms with Crippen LogP contribution in [0, 0.1) is 6.92 Å². The molecule has 1 heterocycles. The fourth-order valence-electron chi connectivity index (χ4n) is 2.55. The lowest BCUT2D eigenvalue weighted by atomic mass is 9.98. The lowest BCUT2D eigenvalue weighted by molar-refractivity contribution is 0.103. The molecule has 2 aromatic carbocycles.